The molecule has 3 heteroatoms. The van der Waals surface area contributed by atoms with Crippen molar-refractivity contribution in [2.75, 3.05) is 39.3 Å². The van der Waals surface area contributed by atoms with E-state index in [1.165, 1.54) is 65.0 Å². The molecule has 3 fully saturated rings. The highest BCUT2D eigenvalue weighted by Crippen LogP contribution is 2.51. The Balaban J connectivity index is 1.59. The average molecular weight is 265 g/mol. The minimum Gasteiger partial charge on any atom is -0.317 e. The Hall–Kier alpha value is -0.120. The van der Waals surface area contributed by atoms with Gasteiger partial charge in [-0.2, -0.15) is 0 Å². The van der Waals surface area contributed by atoms with Gasteiger partial charge in [-0.25, -0.2) is 0 Å². The van der Waals surface area contributed by atoms with Gasteiger partial charge in [0.1, 0.15) is 0 Å². The van der Waals surface area contributed by atoms with Crippen LogP contribution in [-0.2, 0) is 0 Å². The SMILES string of the molecule is CC(C)(C)N1CCN(C2(C3CCNCC3)CC2)CC1. The summed E-state index contributed by atoms with van der Waals surface area (Å²) in [6.07, 6.45) is 5.74. The van der Waals surface area contributed by atoms with Crippen molar-refractivity contribution in [2.24, 2.45) is 5.92 Å². The molecule has 0 unspecified atom stereocenters. The zero-order valence-corrected chi connectivity index (χ0v) is 13.0. The first-order chi connectivity index (χ1) is 9.02. The molecular formula is C16H31N3. The Kier molecular flexibility index (Phi) is 3.65. The molecule has 19 heavy (non-hydrogen) atoms. The molecule has 110 valence electrons. The van der Waals surface area contributed by atoms with Crippen LogP contribution in [0.3, 0.4) is 0 Å². The quantitative estimate of drug-likeness (QED) is 0.823. The summed E-state index contributed by atoms with van der Waals surface area (Å²) >= 11 is 0. The first-order valence-electron chi connectivity index (χ1n) is 8.23. The lowest BCUT2D eigenvalue weighted by molar-refractivity contribution is 0.0122. The van der Waals surface area contributed by atoms with Gasteiger partial charge in [0, 0.05) is 37.3 Å². The predicted molar refractivity (Wildman–Crippen MR) is 80.5 cm³/mol. The largest absolute Gasteiger partial charge is 0.317 e. The number of hydrogen-bond donors (Lipinski definition) is 1. The molecule has 2 saturated heterocycles. The van der Waals surface area contributed by atoms with Gasteiger partial charge in [0.25, 0.3) is 0 Å². The lowest BCUT2D eigenvalue weighted by Gasteiger charge is -2.47. The number of nitrogens with one attached hydrogen (secondary N) is 1. The van der Waals surface area contributed by atoms with Gasteiger partial charge in [0.2, 0.25) is 0 Å². The van der Waals surface area contributed by atoms with Crippen molar-refractivity contribution in [3.63, 3.8) is 0 Å². The van der Waals surface area contributed by atoms with E-state index in [0.29, 0.717) is 11.1 Å². The van der Waals surface area contributed by atoms with Crippen molar-refractivity contribution in [1.82, 2.24) is 15.1 Å². The van der Waals surface area contributed by atoms with Gasteiger partial charge in [0.05, 0.1) is 0 Å². The smallest absolute Gasteiger partial charge is 0.0241 e. The zero-order valence-electron chi connectivity index (χ0n) is 13.0. The fraction of sp³-hybridized carbons (Fsp3) is 1.00. The number of nitrogens with zero attached hydrogens (tertiary/aromatic N) is 2. The summed E-state index contributed by atoms with van der Waals surface area (Å²) < 4.78 is 0. The molecule has 1 saturated carbocycles. The molecule has 0 amide bonds. The maximum Gasteiger partial charge on any atom is 0.0241 e. The molecule has 0 atom stereocenters. The highest BCUT2D eigenvalue weighted by molar-refractivity contribution is 5.10. The molecule has 0 spiro atoms. The van der Waals surface area contributed by atoms with Gasteiger partial charge in [-0.1, -0.05) is 0 Å². The maximum absolute atomic E-state index is 3.52. The van der Waals surface area contributed by atoms with E-state index in [9.17, 15) is 0 Å². The molecule has 2 aliphatic heterocycles. The van der Waals surface area contributed by atoms with E-state index in [1.54, 1.807) is 0 Å². The van der Waals surface area contributed by atoms with Crippen LogP contribution in [0.1, 0.15) is 46.5 Å². The Bertz CT molecular complexity index is 302. The fourth-order valence-corrected chi connectivity index (χ4v) is 4.29. The topological polar surface area (TPSA) is 18.5 Å². The second-order valence-corrected chi connectivity index (χ2v) is 7.77. The van der Waals surface area contributed by atoms with E-state index >= 15 is 0 Å². The predicted octanol–water partition coefficient (Wildman–Crippen LogP) is 1.93. The Morgan fingerprint density at radius 1 is 0.947 bits per heavy atom. The van der Waals surface area contributed by atoms with Gasteiger partial charge >= 0.3 is 0 Å². The van der Waals surface area contributed by atoms with Crippen LogP contribution in [0.2, 0.25) is 0 Å². The highest BCUT2D eigenvalue weighted by Gasteiger charge is 2.53. The molecule has 1 N–H and O–H groups in total. The van der Waals surface area contributed by atoms with Crippen molar-refractivity contribution in [1.29, 1.82) is 0 Å². The summed E-state index contributed by atoms with van der Waals surface area (Å²) in [7, 11) is 0. The molecule has 2 heterocycles. The molecule has 0 radical (unpaired) electrons. The molecular weight excluding hydrogens is 234 g/mol. The number of rotatable bonds is 2. The minimum absolute atomic E-state index is 0.345. The molecule has 0 aromatic carbocycles. The van der Waals surface area contributed by atoms with Crippen LogP contribution in [0.25, 0.3) is 0 Å². The van der Waals surface area contributed by atoms with Crippen LogP contribution >= 0.6 is 0 Å². The molecule has 3 aliphatic rings. The van der Waals surface area contributed by atoms with Gasteiger partial charge in [-0.05, 0) is 65.5 Å². The molecule has 0 bridgehead atoms. The van der Waals surface area contributed by atoms with Crippen LogP contribution in [0.15, 0.2) is 0 Å². The standard InChI is InChI=1S/C16H31N3/c1-15(2,3)18-10-12-19(13-11-18)16(6-7-16)14-4-8-17-9-5-14/h14,17H,4-13H2,1-3H3. The monoisotopic (exact) mass is 265 g/mol. The van der Waals surface area contributed by atoms with E-state index in [4.69, 9.17) is 0 Å². The summed E-state index contributed by atoms with van der Waals surface area (Å²) in [4.78, 5) is 5.51. The first kappa shape index (κ1) is 13.8. The van der Waals surface area contributed by atoms with Crippen molar-refractivity contribution in [2.45, 2.75) is 57.5 Å². The van der Waals surface area contributed by atoms with Crippen molar-refractivity contribution < 1.29 is 0 Å². The number of hydrogen-bond acceptors (Lipinski definition) is 3. The van der Waals surface area contributed by atoms with Gasteiger partial charge < -0.3 is 5.32 Å². The van der Waals surface area contributed by atoms with E-state index < -0.39 is 0 Å². The molecule has 0 aromatic rings. The van der Waals surface area contributed by atoms with E-state index in [2.05, 4.69) is 35.9 Å². The van der Waals surface area contributed by atoms with Crippen LogP contribution in [0.4, 0.5) is 0 Å². The third-order valence-electron chi connectivity index (χ3n) is 5.72. The summed E-state index contributed by atoms with van der Waals surface area (Å²) in [6, 6.07) is 0. The number of piperazine rings is 1. The van der Waals surface area contributed by atoms with Crippen LogP contribution in [0.5, 0.6) is 0 Å². The lowest BCUT2D eigenvalue weighted by atomic mass is 9.86. The third kappa shape index (κ3) is 2.70. The third-order valence-corrected chi connectivity index (χ3v) is 5.72. The van der Waals surface area contributed by atoms with Crippen LogP contribution in [-0.4, -0.2) is 60.1 Å². The van der Waals surface area contributed by atoms with Gasteiger partial charge in [-0.3, -0.25) is 9.80 Å². The summed E-state index contributed by atoms with van der Waals surface area (Å²) in [6.45, 7) is 14.6. The highest BCUT2D eigenvalue weighted by atomic mass is 15.3. The summed E-state index contributed by atoms with van der Waals surface area (Å²) in [5.41, 5.74) is 0.962. The second kappa shape index (κ2) is 5.01. The van der Waals surface area contributed by atoms with Crippen molar-refractivity contribution in [3.8, 4) is 0 Å². The summed E-state index contributed by atoms with van der Waals surface area (Å²) in [5.74, 6) is 0.968. The molecule has 3 nitrogen and oxygen atoms in total. The van der Waals surface area contributed by atoms with Gasteiger partial charge in [-0.15, -0.1) is 0 Å². The van der Waals surface area contributed by atoms with Crippen LogP contribution in [0, 0.1) is 5.92 Å². The second-order valence-electron chi connectivity index (χ2n) is 7.77. The number of piperidine rings is 1. The molecule has 1 aliphatic carbocycles. The normalized spacial score (nSPS) is 30.5. The lowest BCUT2D eigenvalue weighted by Crippen LogP contribution is -2.58. The minimum atomic E-state index is 0.345. The summed E-state index contributed by atoms with van der Waals surface area (Å²) in [5, 5.41) is 3.52. The van der Waals surface area contributed by atoms with E-state index in [-0.39, 0.29) is 0 Å². The first-order valence-corrected chi connectivity index (χ1v) is 8.23. The zero-order chi connectivity index (χ0) is 13.5. The molecule has 0 aromatic heterocycles. The molecule has 3 rings (SSSR count). The average Bonchev–Trinajstić information content (AvgIpc) is 3.20. The van der Waals surface area contributed by atoms with Crippen molar-refractivity contribution in [3.05, 3.63) is 0 Å². The fourth-order valence-electron chi connectivity index (χ4n) is 4.29. The van der Waals surface area contributed by atoms with Crippen molar-refractivity contribution >= 4 is 0 Å². The Labute approximate surface area is 118 Å². The Morgan fingerprint density at radius 2 is 1.53 bits per heavy atom. The maximum atomic E-state index is 3.52. The van der Waals surface area contributed by atoms with E-state index in [0.717, 1.165) is 5.92 Å². The Morgan fingerprint density at radius 3 is 2.00 bits per heavy atom. The van der Waals surface area contributed by atoms with Crippen LogP contribution < -0.4 is 5.32 Å². The van der Waals surface area contributed by atoms with E-state index in [1.807, 2.05) is 0 Å². The van der Waals surface area contributed by atoms with Gasteiger partial charge in [0.15, 0.2) is 0 Å².